The number of hydrogen-bond acceptors (Lipinski definition) is 9. The van der Waals surface area contributed by atoms with Gasteiger partial charge < -0.3 is 26.0 Å². The molecule has 0 bridgehead atoms. The average molecular weight is 762 g/mol. The van der Waals surface area contributed by atoms with Crippen molar-refractivity contribution in [3.05, 3.63) is 76.4 Å². The van der Waals surface area contributed by atoms with Crippen molar-refractivity contribution < 1.29 is 29.1 Å². The lowest BCUT2D eigenvalue weighted by Crippen LogP contribution is -2.57. The fraction of sp³-hybridized carbons (Fsp3) is 0.500. The van der Waals surface area contributed by atoms with Gasteiger partial charge in [-0.1, -0.05) is 83.4 Å². The molecule has 0 spiro atoms. The number of likely N-dealkylation sites (tertiary alicyclic amines) is 1. The van der Waals surface area contributed by atoms with Gasteiger partial charge in [0.05, 0.1) is 22.2 Å². The lowest BCUT2D eigenvalue weighted by atomic mass is 9.85. The van der Waals surface area contributed by atoms with Crippen molar-refractivity contribution in [2.24, 2.45) is 5.41 Å². The number of β-amino-alcohol motifs (C(OH)–C–C–N with tert-alkyl or cyclic N) is 1. The van der Waals surface area contributed by atoms with E-state index >= 15 is 0 Å². The highest BCUT2D eigenvalue weighted by atomic mass is 32.1. The average Bonchev–Trinajstić information content (AvgIpc) is 3.77. The summed E-state index contributed by atoms with van der Waals surface area (Å²) in [6, 6.07) is 12.8. The third kappa shape index (κ3) is 12.5. The van der Waals surface area contributed by atoms with Crippen LogP contribution in [0.3, 0.4) is 0 Å². The number of aliphatic hydroxyl groups excluding tert-OH is 1. The van der Waals surface area contributed by atoms with Gasteiger partial charge in [-0.25, -0.2) is 10.4 Å². The molecule has 1 aromatic heterocycles. The van der Waals surface area contributed by atoms with E-state index in [4.69, 9.17) is 0 Å². The minimum Gasteiger partial charge on any atom is -0.391 e. The quantitative estimate of drug-likeness (QED) is 0.0827. The molecule has 2 aromatic carbocycles. The molecule has 4 rings (SSSR count). The second kappa shape index (κ2) is 20.1. The Balaban J connectivity index is 1.23. The van der Waals surface area contributed by atoms with Gasteiger partial charge >= 0.3 is 0 Å². The van der Waals surface area contributed by atoms with Crippen LogP contribution in [-0.4, -0.2) is 75.8 Å². The molecule has 2 heterocycles. The molecule has 1 saturated heterocycles. The number of aromatic nitrogens is 1. The Labute approximate surface area is 322 Å². The van der Waals surface area contributed by atoms with Crippen molar-refractivity contribution in [1.82, 2.24) is 36.7 Å². The number of nitrogens with one attached hydrogen (secondary N) is 5. The van der Waals surface area contributed by atoms with Crippen molar-refractivity contribution in [3.8, 4) is 10.4 Å². The Hall–Kier alpha value is -4.66. The fourth-order valence-corrected chi connectivity index (χ4v) is 6.97. The summed E-state index contributed by atoms with van der Waals surface area (Å²) in [5.41, 5.74) is 10.9. The normalized spacial score (nSPS) is 16.1. The molecule has 13 nitrogen and oxygen atoms in total. The Morgan fingerprint density at radius 2 is 1.56 bits per heavy atom. The van der Waals surface area contributed by atoms with E-state index < -0.39 is 35.4 Å². The number of carbonyl (C=O) groups excluding carboxylic acids is 5. The molecule has 3 atom stereocenters. The first kappa shape index (κ1) is 42.1. The van der Waals surface area contributed by atoms with Crippen LogP contribution in [0.15, 0.2) is 54.0 Å². The van der Waals surface area contributed by atoms with Crippen molar-refractivity contribution in [1.29, 1.82) is 0 Å². The molecule has 3 aromatic rings. The Bertz CT molecular complexity index is 1720. The van der Waals surface area contributed by atoms with Gasteiger partial charge in [0.25, 0.3) is 5.91 Å². The van der Waals surface area contributed by atoms with E-state index in [1.807, 2.05) is 52.0 Å². The summed E-state index contributed by atoms with van der Waals surface area (Å²) < 4.78 is 0. The second-order valence-electron chi connectivity index (χ2n) is 14.9. The van der Waals surface area contributed by atoms with E-state index in [0.717, 1.165) is 46.5 Å². The number of thiazole rings is 1. The van der Waals surface area contributed by atoms with Gasteiger partial charge in [-0.15, -0.1) is 11.3 Å². The third-order valence-electron chi connectivity index (χ3n) is 9.35. The van der Waals surface area contributed by atoms with E-state index in [0.29, 0.717) is 12.1 Å². The van der Waals surface area contributed by atoms with Crippen LogP contribution in [-0.2, 0) is 32.3 Å². The van der Waals surface area contributed by atoms with Crippen LogP contribution in [0.5, 0.6) is 0 Å². The highest BCUT2D eigenvalue weighted by Crippen LogP contribution is 2.28. The molecule has 5 amide bonds. The molecule has 1 aliphatic heterocycles. The van der Waals surface area contributed by atoms with Gasteiger partial charge in [0.2, 0.25) is 23.6 Å². The molecular weight excluding hydrogens is 707 g/mol. The molecule has 1 fully saturated rings. The first-order valence-corrected chi connectivity index (χ1v) is 19.6. The van der Waals surface area contributed by atoms with Crippen LogP contribution >= 0.6 is 11.3 Å². The van der Waals surface area contributed by atoms with Crippen molar-refractivity contribution >= 4 is 40.9 Å². The van der Waals surface area contributed by atoms with Gasteiger partial charge in [0.15, 0.2) is 0 Å². The molecule has 6 N–H and O–H groups in total. The summed E-state index contributed by atoms with van der Waals surface area (Å²) in [7, 11) is 0. The van der Waals surface area contributed by atoms with Gasteiger partial charge in [-0.05, 0) is 47.6 Å². The highest BCUT2D eigenvalue weighted by molar-refractivity contribution is 7.13. The first-order valence-electron chi connectivity index (χ1n) is 18.7. The largest absolute Gasteiger partial charge is 0.391 e. The molecule has 0 unspecified atom stereocenters. The van der Waals surface area contributed by atoms with Crippen LogP contribution in [0, 0.1) is 12.3 Å². The lowest BCUT2D eigenvalue weighted by molar-refractivity contribution is -0.144. The number of aliphatic hydroxyl groups is 1. The van der Waals surface area contributed by atoms with E-state index in [2.05, 4.69) is 38.7 Å². The molecule has 54 heavy (non-hydrogen) atoms. The first-order chi connectivity index (χ1) is 25.8. The number of amides is 5. The number of benzene rings is 2. The Morgan fingerprint density at radius 3 is 2.19 bits per heavy atom. The van der Waals surface area contributed by atoms with Crippen LogP contribution in [0.4, 0.5) is 0 Å². The highest BCUT2D eigenvalue weighted by Gasteiger charge is 2.44. The monoisotopic (exact) mass is 761 g/mol. The maximum absolute atomic E-state index is 13.9. The number of aryl methyl sites for hydroxylation is 1. The lowest BCUT2D eigenvalue weighted by Gasteiger charge is -2.35. The van der Waals surface area contributed by atoms with Crippen molar-refractivity contribution in [3.63, 3.8) is 0 Å². The Morgan fingerprint density at radius 1 is 0.907 bits per heavy atom. The molecular formula is C40H55N7O6S. The van der Waals surface area contributed by atoms with Crippen molar-refractivity contribution in [2.45, 2.75) is 111 Å². The third-order valence-corrected chi connectivity index (χ3v) is 10.3. The Kier molecular flexibility index (Phi) is 15.7. The van der Waals surface area contributed by atoms with Gasteiger partial charge in [-0.2, -0.15) is 0 Å². The summed E-state index contributed by atoms with van der Waals surface area (Å²) in [5, 5.41) is 19.0. The predicted octanol–water partition coefficient (Wildman–Crippen LogP) is 4.14. The van der Waals surface area contributed by atoms with E-state index in [9.17, 15) is 29.1 Å². The number of carbonyl (C=O) groups is 5. The number of rotatable bonds is 18. The zero-order chi connectivity index (χ0) is 39.3. The molecule has 292 valence electrons. The molecule has 0 saturated carbocycles. The predicted molar refractivity (Wildman–Crippen MR) is 209 cm³/mol. The van der Waals surface area contributed by atoms with E-state index in [1.54, 1.807) is 41.1 Å². The number of nitrogens with zero attached hydrogens (tertiary/aromatic N) is 2. The van der Waals surface area contributed by atoms with E-state index in [-0.39, 0.29) is 56.6 Å². The van der Waals surface area contributed by atoms with Crippen LogP contribution in [0.2, 0.25) is 0 Å². The second-order valence-corrected chi connectivity index (χ2v) is 15.7. The minimum atomic E-state index is -0.997. The van der Waals surface area contributed by atoms with Crippen LogP contribution < -0.4 is 26.8 Å². The van der Waals surface area contributed by atoms with Crippen molar-refractivity contribution in [2.75, 3.05) is 13.1 Å². The SMILES string of the molecule is CCCCCCNNC(=O)c1ccc(CNC(=O)CCC(=O)N[C@H](C(=O)N2C[C@H](O)C[C@H]2C(=O)NCc2ccc(-c3scnc3C)cc2)C(C)(C)C)cc1. The molecule has 0 aliphatic carbocycles. The fourth-order valence-electron chi connectivity index (χ4n) is 6.16. The summed E-state index contributed by atoms with van der Waals surface area (Å²) in [6.45, 7) is 10.7. The van der Waals surface area contributed by atoms with Crippen LogP contribution in [0.1, 0.15) is 99.8 Å². The summed E-state index contributed by atoms with van der Waals surface area (Å²) in [6.07, 6.45) is 3.37. The maximum atomic E-state index is 13.9. The van der Waals surface area contributed by atoms with Gasteiger partial charge in [-0.3, -0.25) is 29.4 Å². The van der Waals surface area contributed by atoms with E-state index in [1.165, 1.54) is 11.3 Å². The van der Waals surface area contributed by atoms with Gasteiger partial charge in [0.1, 0.15) is 12.1 Å². The smallest absolute Gasteiger partial charge is 0.265 e. The number of hydrazine groups is 1. The summed E-state index contributed by atoms with van der Waals surface area (Å²) in [4.78, 5) is 72.0. The zero-order valence-corrected chi connectivity index (χ0v) is 32.8. The molecule has 0 radical (unpaired) electrons. The number of hydrogen-bond donors (Lipinski definition) is 6. The topological polar surface area (TPSA) is 182 Å². The standard InChI is InChI=1S/C40H55N7O6S/c1-6-7-8-9-20-44-46-37(51)30-16-12-27(13-17-30)22-41-33(49)18-19-34(50)45-36(40(3,4)5)39(53)47-24-31(48)21-32(47)38(52)42-23-28-10-14-29(15-11-28)35-26(2)43-25-54-35/h10-17,25,31-32,36,44,48H,6-9,18-24H2,1-5H3,(H,41,49)(H,42,52)(H,45,50)(H,46,51)/t31-,32+,36-/m1/s1. The molecule has 1 aliphatic rings. The minimum absolute atomic E-state index is 0.0354. The maximum Gasteiger partial charge on any atom is 0.265 e. The molecule has 14 heteroatoms. The van der Waals surface area contributed by atoms with Gasteiger partial charge in [0, 0.05) is 51.0 Å². The summed E-state index contributed by atoms with van der Waals surface area (Å²) in [5.74, 6) is -1.92. The zero-order valence-electron chi connectivity index (χ0n) is 32.0. The number of unbranched alkanes of at least 4 members (excludes halogenated alkanes) is 3. The van der Waals surface area contributed by atoms with Crippen LogP contribution in [0.25, 0.3) is 10.4 Å². The summed E-state index contributed by atoms with van der Waals surface area (Å²) >= 11 is 1.57.